The third-order valence-corrected chi connectivity index (χ3v) is 6.04. The molecule has 19 heavy (non-hydrogen) atoms. The van der Waals surface area contributed by atoms with E-state index >= 15 is 0 Å². The number of hydrogen-bond donors (Lipinski definition) is 1. The van der Waals surface area contributed by atoms with Gasteiger partial charge in [0.2, 0.25) is 10.0 Å². The molecule has 2 rings (SSSR count). The molecule has 1 aliphatic rings. The van der Waals surface area contributed by atoms with Crippen LogP contribution in [0.2, 0.25) is 0 Å². The maximum Gasteiger partial charge on any atom is 0.243 e. The Kier molecular flexibility index (Phi) is 3.99. The number of nitrogens with zero attached hydrogens (tertiary/aromatic N) is 1. The zero-order chi connectivity index (χ0) is 14.2. The molecule has 1 saturated carbocycles. The van der Waals surface area contributed by atoms with Gasteiger partial charge in [-0.15, -0.1) is 0 Å². The Morgan fingerprint density at radius 2 is 2.05 bits per heavy atom. The first kappa shape index (κ1) is 14.5. The molecule has 0 spiro atoms. The maximum absolute atomic E-state index is 12.6. The van der Waals surface area contributed by atoms with Crippen molar-refractivity contribution in [1.82, 2.24) is 4.31 Å². The summed E-state index contributed by atoms with van der Waals surface area (Å²) in [6.45, 7) is 4.95. The van der Waals surface area contributed by atoms with Gasteiger partial charge in [0.05, 0.1) is 4.90 Å². The second kappa shape index (κ2) is 5.23. The lowest BCUT2D eigenvalue weighted by Gasteiger charge is -2.19. The van der Waals surface area contributed by atoms with Crippen LogP contribution >= 0.6 is 0 Å². The van der Waals surface area contributed by atoms with Gasteiger partial charge in [0.1, 0.15) is 0 Å². The summed E-state index contributed by atoms with van der Waals surface area (Å²) in [4.78, 5) is 0.381. The molecule has 1 aromatic rings. The van der Waals surface area contributed by atoms with E-state index in [9.17, 15) is 8.42 Å². The molecule has 0 radical (unpaired) electrons. The summed E-state index contributed by atoms with van der Waals surface area (Å²) in [6.07, 6.45) is 1.13. The van der Waals surface area contributed by atoms with Gasteiger partial charge in [-0.2, -0.15) is 0 Å². The van der Waals surface area contributed by atoms with E-state index < -0.39 is 10.0 Å². The zero-order valence-electron chi connectivity index (χ0n) is 11.8. The second-order valence-electron chi connectivity index (χ2n) is 5.50. The van der Waals surface area contributed by atoms with Gasteiger partial charge in [-0.3, -0.25) is 0 Å². The number of benzene rings is 1. The van der Waals surface area contributed by atoms with Crippen molar-refractivity contribution in [3.05, 3.63) is 29.3 Å². The molecule has 1 aliphatic carbocycles. The number of rotatable bonds is 5. The van der Waals surface area contributed by atoms with Crippen molar-refractivity contribution in [1.29, 1.82) is 0 Å². The molecule has 1 aromatic carbocycles. The molecule has 4 nitrogen and oxygen atoms in total. The van der Waals surface area contributed by atoms with Crippen molar-refractivity contribution in [2.24, 2.45) is 17.6 Å². The van der Waals surface area contributed by atoms with Crippen LogP contribution < -0.4 is 5.73 Å². The summed E-state index contributed by atoms with van der Waals surface area (Å²) in [5, 5.41) is 0. The highest BCUT2D eigenvalue weighted by Gasteiger charge is 2.36. The average molecular weight is 282 g/mol. The summed E-state index contributed by atoms with van der Waals surface area (Å²) in [5.74, 6) is 1.16. The van der Waals surface area contributed by atoms with E-state index in [1.54, 1.807) is 19.2 Å². The van der Waals surface area contributed by atoms with Crippen LogP contribution in [0.3, 0.4) is 0 Å². The highest BCUT2D eigenvalue weighted by molar-refractivity contribution is 7.89. The fraction of sp³-hybridized carbons (Fsp3) is 0.571. The van der Waals surface area contributed by atoms with Crippen LogP contribution in [0.15, 0.2) is 23.1 Å². The molecule has 0 amide bonds. The van der Waals surface area contributed by atoms with Crippen molar-refractivity contribution < 1.29 is 8.42 Å². The summed E-state index contributed by atoms with van der Waals surface area (Å²) in [5.41, 5.74) is 7.29. The van der Waals surface area contributed by atoms with Gasteiger partial charge < -0.3 is 5.73 Å². The standard InChI is InChI=1S/C14H22N2O2S/c1-10-7-13(10)9-16(3)19(17,18)14-6-4-5-12(8-15)11(14)2/h4-6,10,13H,7-9,15H2,1-3H3. The minimum atomic E-state index is -3.40. The molecular formula is C14H22N2O2S. The first-order valence-corrected chi connectivity index (χ1v) is 8.06. The molecule has 0 saturated heterocycles. The van der Waals surface area contributed by atoms with Gasteiger partial charge in [-0.25, -0.2) is 12.7 Å². The molecule has 2 atom stereocenters. The third-order valence-electron chi connectivity index (χ3n) is 4.07. The van der Waals surface area contributed by atoms with Crippen LogP contribution in [-0.2, 0) is 16.6 Å². The Balaban J connectivity index is 2.28. The molecule has 1 fully saturated rings. The highest BCUT2D eigenvalue weighted by atomic mass is 32.2. The minimum absolute atomic E-state index is 0.360. The van der Waals surface area contributed by atoms with E-state index in [0.29, 0.717) is 29.8 Å². The lowest BCUT2D eigenvalue weighted by atomic mass is 10.1. The van der Waals surface area contributed by atoms with Crippen molar-refractivity contribution in [3.63, 3.8) is 0 Å². The Morgan fingerprint density at radius 1 is 1.42 bits per heavy atom. The van der Waals surface area contributed by atoms with Crippen LogP contribution in [0.5, 0.6) is 0 Å². The van der Waals surface area contributed by atoms with Gasteiger partial charge >= 0.3 is 0 Å². The topological polar surface area (TPSA) is 63.4 Å². The first-order chi connectivity index (χ1) is 8.87. The Morgan fingerprint density at radius 3 is 2.58 bits per heavy atom. The summed E-state index contributed by atoms with van der Waals surface area (Å²) in [6, 6.07) is 5.30. The molecule has 0 heterocycles. The fourth-order valence-electron chi connectivity index (χ4n) is 2.41. The van der Waals surface area contributed by atoms with Crippen LogP contribution in [-0.4, -0.2) is 26.3 Å². The fourth-order valence-corrected chi connectivity index (χ4v) is 3.90. The molecule has 5 heteroatoms. The largest absolute Gasteiger partial charge is 0.326 e. The van der Waals surface area contributed by atoms with Crippen LogP contribution in [0.25, 0.3) is 0 Å². The van der Waals surface area contributed by atoms with Gasteiger partial charge in [0.25, 0.3) is 0 Å². The van der Waals surface area contributed by atoms with E-state index in [4.69, 9.17) is 5.73 Å². The van der Waals surface area contributed by atoms with Crippen LogP contribution in [0.1, 0.15) is 24.5 Å². The molecule has 0 aliphatic heterocycles. The van der Waals surface area contributed by atoms with E-state index in [1.807, 2.05) is 13.0 Å². The van der Waals surface area contributed by atoms with Gasteiger partial charge in [-0.1, -0.05) is 19.1 Å². The lowest BCUT2D eigenvalue weighted by molar-refractivity contribution is 0.444. The number of sulfonamides is 1. The Bertz CT molecular complexity index is 569. The van der Waals surface area contributed by atoms with Crippen molar-refractivity contribution in [2.75, 3.05) is 13.6 Å². The third kappa shape index (κ3) is 2.83. The van der Waals surface area contributed by atoms with Crippen LogP contribution in [0.4, 0.5) is 0 Å². The Labute approximate surface area is 115 Å². The Hall–Kier alpha value is -0.910. The molecule has 106 valence electrons. The lowest BCUT2D eigenvalue weighted by Crippen LogP contribution is -2.30. The highest BCUT2D eigenvalue weighted by Crippen LogP contribution is 2.38. The van der Waals surface area contributed by atoms with Gasteiger partial charge in [0, 0.05) is 20.1 Å². The van der Waals surface area contributed by atoms with E-state index in [0.717, 1.165) is 17.5 Å². The smallest absolute Gasteiger partial charge is 0.243 e. The van der Waals surface area contributed by atoms with Crippen LogP contribution in [0, 0.1) is 18.8 Å². The maximum atomic E-state index is 12.6. The van der Waals surface area contributed by atoms with Gasteiger partial charge in [0.15, 0.2) is 0 Å². The number of nitrogens with two attached hydrogens (primary N) is 1. The van der Waals surface area contributed by atoms with E-state index in [1.165, 1.54) is 4.31 Å². The normalized spacial score (nSPS) is 22.8. The minimum Gasteiger partial charge on any atom is -0.326 e. The molecule has 0 bridgehead atoms. The molecule has 2 unspecified atom stereocenters. The summed E-state index contributed by atoms with van der Waals surface area (Å²) in [7, 11) is -1.74. The van der Waals surface area contributed by atoms with Crippen molar-refractivity contribution in [2.45, 2.75) is 31.7 Å². The number of hydrogen-bond acceptors (Lipinski definition) is 3. The van der Waals surface area contributed by atoms with E-state index in [-0.39, 0.29) is 0 Å². The predicted molar refractivity (Wildman–Crippen MR) is 76.2 cm³/mol. The average Bonchev–Trinajstić information content (AvgIpc) is 3.04. The predicted octanol–water partition coefficient (Wildman–Crippen LogP) is 1.73. The van der Waals surface area contributed by atoms with Crippen molar-refractivity contribution >= 4 is 10.0 Å². The first-order valence-electron chi connectivity index (χ1n) is 6.62. The monoisotopic (exact) mass is 282 g/mol. The second-order valence-corrected chi connectivity index (χ2v) is 7.52. The quantitative estimate of drug-likeness (QED) is 0.894. The van der Waals surface area contributed by atoms with E-state index in [2.05, 4.69) is 6.92 Å². The van der Waals surface area contributed by atoms with Crippen molar-refractivity contribution in [3.8, 4) is 0 Å². The summed E-state index contributed by atoms with van der Waals surface area (Å²) >= 11 is 0. The zero-order valence-corrected chi connectivity index (χ0v) is 12.6. The van der Waals surface area contributed by atoms with Gasteiger partial charge in [-0.05, 0) is 42.4 Å². The summed E-state index contributed by atoms with van der Waals surface area (Å²) < 4.78 is 26.6. The molecular weight excluding hydrogens is 260 g/mol. The molecule has 2 N–H and O–H groups in total. The molecule has 0 aromatic heterocycles. The SMILES string of the molecule is Cc1c(CN)cccc1S(=O)(=O)N(C)CC1CC1C.